The second-order valence-corrected chi connectivity index (χ2v) is 10.6. The molecular weight excluding hydrogens is 473 g/mol. The van der Waals surface area contributed by atoms with Crippen molar-refractivity contribution in [2.45, 2.75) is 123 Å². The van der Waals surface area contributed by atoms with Crippen LogP contribution in [0, 0.1) is 0 Å². The highest BCUT2D eigenvalue weighted by atomic mass is 31.2. The van der Waals surface area contributed by atoms with Crippen LogP contribution in [0.4, 0.5) is 0 Å². The summed E-state index contributed by atoms with van der Waals surface area (Å²) in [6, 6.07) is 0. The van der Waals surface area contributed by atoms with Crippen molar-refractivity contribution in [2.75, 3.05) is 26.4 Å². The number of ether oxygens (including phenoxy) is 1. The molecule has 10 heteroatoms. The Kier molecular flexibility index (Phi) is 22.7. The van der Waals surface area contributed by atoms with Crippen LogP contribution in [0.1, 0.15) is 117 Å². The molecule has 0 aliphatic rings. The van der Waals surface area contributed by atoms with Gasteiger partial charge in [0.15, 0.2) is 0 Å². The first kappa shape index (κ1) is 34.0. The molecule has 0 heterocycles. The van der Waals surface area contributed by atoms with Crippen LogP contribution in [-0.2, 0) is 27.9 Å². The molecule has 0 aromatic rings. The van der Waals surface area contributed by atoms with Crippen molar-refractivity contribution in [3.05, 3.63) is 0 Å². The number of esters is 1. The molecular formula is C25H50NO8P. The summed E-state index contributed by atoms with van der Waals surface area (Å²) in [7, 11) is -4.36. The molecule has 1 amide bonds. The van der Waals surface area contributed by atoms with Crippen molar-refractivity contribution in [3.63, 3.8) is 0 Å². The van der Waals surface area contributed by atoms with Gasteiger partial charge < -0.3 is 20.1 Å². The fourth-order valence-electron chi connectivity index (χ4n) is 3.58. The summed E-state index contributed by atoms with van der Waals surface area (Å²) in [5.41, 5.74) is 0. The van der Waals surface area contributed by atoms with Crippen LogP contribution in [0.25, 0.3) is 0 Å². The third-order valence-electron chi connectivity index (χ3n) is 5.60. The number of phosphoric ester groups is 1. The summed E-state index contributed by atoms with van der Waals surface area (Å²) in [5.74, 6) is -0.693. The Hall–Kier alpha value is -0.990. The van der Waals surface area contributed by atoms with Gasteiger partial charge in [0.2, 0.25) is 5.91 Å². The second kappa shape index (κ2) is 23.4. The highest BCUT2D eigenvalue weighted by Gasteiger charge is 2.23. The number of amides is 1. The van der Waals surface area contributed by atoms with E-state index in [4.69, 9.17) is 4.52 Å². The predicted octanol–water partition coefficient (Wildman–Crippen LogP) is 5.42. The zero-order valence-corrected chi connectivity index (χ0v) is 22.9. The number of phosphoric acid groups is 1. The molecule has 2 unspecified atom stereocenters. The van der Waals surface area contributed by atoms with Gasteiger partial charge in [-0.3, -0.25) is 18.6 Å². The van der Waals surface area contributed by atoms with E-state index in [2.05, 4.69) is 21.5 Å². The van der Waals surface area contributed by atoms with Crippen molar-refractivity contribution in [1.82, 2.24) is 5.32 Å². The zero-order chi connectivity index (χ0) is 26.2. The summed E-state index contributed by atoms with van der Waals surface area (Å²) < 4.78 is 25.6. The Morgan fingerprint density at radius 2 is 1.29 bits per heavy atom. The number of rotatable bonds is 25. The first-order valence-corrected chi connectivity index (χ1v) is 15.0. The largest absolute Gasteiger partial charge is 0.472 e. The van der Waals surface area contributed by atoms with Gasteiger partial charge in [-0.25, -0.2) is 4.57 Å². The summed E-state index contributed by atoms with van der Waals surface area (Å²) in [4.78, 5) is 32.0. The van der Waals surface area contributed by atoms with Gasteiger partial charge >= 0.3 is 13.8 Å². The summed E-state index contributed by atoms with van der Waals surface area (Å²) in [5, 5.41) is 12.1. The average molecular weight is 524 g/mol. The number of carbonyl (C=O) groups excluding carboxylic acids is 2. The normalized spacial score (nSPS) is 13.8. The lowest BCUT2D eigenvalue weighted by molar-refractivity contribution is -0.144. The van der Waals surface area contributed by atoms with E-state index >= 15 is 0 Å². The van der Waals surface area contributed by atoms with Gasteiger partial charge in [0, 0.05) is 19.9 Å². The minimum absolute atomic E-state index is 0.0848. The van der Waals surface area contributed by atoms with E-state index in [1.807, 2.05) is 0 Å². The van der Waals surface area contributed by atoms with Gasteiger partial charge in [0.25, 0.3) is 0 Å². The van der Waals surface area contributed by atoms with Crippen molar-refractivity contribution >= 4 is 19.7 Å². The van der Waals surface area contributed by atoms with Crippen LogP contribution in [0.15, 0.2) is 0 Å². The fraction of sp³-hybridized carbons (Fsp3) is 0.920. The van der Waals surface area contributed by atoms with Crippen LogP contribution in [0.3, 0.4) is 0 Å². The van der Waals surface area contributed by atoms with E-state index in [1.165, 1.54) is 84.0 Å². The smallest absolute Gasteiger partial charge is 0.463 e. The maximum atomic E-state index is 11.8. The molecule has 3 N–H and O–H groups in total. The second-order valence-electron chi connectivity index (χ2n) is 9.10. The fourth-order valence-corrected chi connectivity index (χ4v) is 4.33. The number of unbranched alkanes of at least 4 members (excludes halogenated alkanes) is 14. The SMILES string of the molecule is CCCCCCCCCCCCCCCCCC(=O)NCCOP(=O)(O)OCC(O)COC(C)=O. The van der Waals surface area contributed by atoms with E-state index in [-0.39, 0.29) is 25.7 Å². The van der Waals surface area contributed by atoms with E-state index in [9.17, 15) is 24.2 Å². The van der Waals surface area contributed by atoms with E-state index in [0.29, 0.717) is 6.42 Å². The van der Waals surface area contributed by atoms with E-state index in [0.717, 1.165) is 19.3 Å². The molecule has 35 heavy (non-hydrogen) atoms. The molecule has 0 spiro atoms. The highest BCUT2D eigenvalue weighted by Crippen LogP contribution is 2.42. The molecule has 0 rings (SSSR count). The van der Waals surface area contributed by atoms with Gasteiger partial charge in [0.1, 0.15) is 12.7 Å². The third-order valence-corrected chi connectivity index (χ3v) is 6.58. The van der Waals surface area contributed by atoms with Gasteiger partial charge in [-0.1, -0.05) is 96.8 Å². The Balaban J connectivity index is 3.47. The number of carbonyl (C=O) groups is 2. The van der Waals surface area contributed by atoms with Gasteiger partial charge in [-0.15, -0.1) is 0 Å². The molecule has 0 aliphatic carbocycles. The highest BCUT2D eigenvalue weighted by molar-refractivity contribution is 7.47. The van der Waals surface area contributed by atoms with Crippen LogP contribution in [0.2, 0.25) is 0 Å². The maximum Gasteiger partial charge on any atom is 0.472 e. The topological polar surface area (TPSA) is 131 Å². The Labute approximate surface area is 212 Å². The Morgan fingerprint density at radius 1 is 0.800 bits per heavy atom. The lowest BCUT2D eigenvalue weighted by Gasteiger charge is -2.15. The van der Waals surface area contributed by atoms with Gasteiger partial charge in [-0.2, -0.15) is 0 Å². The number of hydrogen-bond acceptors (Lipinski definition) is 7. The zero-order valence-electron chi connectivity index (χ0n) is 22.0. The number of nitrogens with one attached hydrogen (secondary N) is 1. The standard InChI is InChI=1S/C25H50NO8P/c1-3-4-5-6-7-8-9-10-11-12-13-14-15-16-17-18-25(29)26-19-20-33-35(30,31)34-22-24(28)21-32-23(2)27/h24,28H,3-22H2,1-2H3,(H,26,29)(H,30,31). The molecule has 0 fully saturated rings. The lowest BCUT2D eigenvalue weighted by Crippen LogP contribution is -2.27. The molecule has 2 atom stereocenters. The summed E-state index contributed by atoms with van der Waals surface area (Å²) >= 11 is 0. The molecule has 208 valence electrons. The van der Waals surface area contributed by atoms with Crippen molar-refractivity contribution in [3.8, 4) is 0 Å². The molecule has 9 nitrogen and oxygen atoms in total. The molecule has 0 bridgehead atoms. The number of aliphatic hydroxyl groups is 1. The third kappa shape index (κ3) is 25.9. The number of hydrogen-bond donors (Lipinski definition) is 3. The summed E-state index contributed by atoms with van der Waals surface area (Å²) in [6.45, 7) is 2.46. The van der Waals surface area contributed by atoms with E-state index in [1.54, 1.807) is 0 Å². The monoisotopic (exact) mass is 523 g/mol. The molecule has 0 aromatic heterocycles. The molecule has 0 saturated carbocycles. The first-order chi connectivity index (χ1) is 16.8. The summed E-state index contributed by atoms with van der Waals surface area (Å²) in [6.07, 6.45) is 18.3. The molecule has 0 radical (unpaired) electrons. The van der Waals surface area contributed by atoms with Crippen LogP contribution in [0.5, 0.6) is 0 Å². The van der Waals surface area contributed by atoms with Crippen molar-refractivity contribution in [1.29, 1.82) is 0 Å². The minimum Gasteiger partial charge on any atom is -0.463 e. The quantitative estimate of drug-likeness (QED) is 0.0821. The minimum atomic E-state index is -4.36. The molecule has 0 aromatic carbocycles. The maximum absolute atomic E-state index is 11.8. The lowest BCUT2D eigenvalue weighted by atomic mass is 10.0. The van der Waals surface area contributed by atoms with Gasteiger partial charge in [0.05, 0.1) is 13.2 Å². The van der Waals surface area contributed by atoms with E-state index < -0.39 is 26.5 Å². The first-order valence-electron chi connectivity index (χ1n) is 13.5. The molecule has 0 saturated heterocycles. The molecule has 0 aliphatic heterocycles. The van der Waals surface area contributed by atoms with Crippen LogP contribution < -0.4 is 5.32 Å². The average Bonchev–Trinajstić information content (AvgIpc) is 2.81. The van der Waals surface area contributed by atoms with Crippen LogP contribution in [-0.4, -0.2) is 54.3 Å². The number of aliphatic hydroxyl groups excluding tert-OH is 1. The van der Waals surface area contributed by atoms with Crippen molar-refractivity contribution in [2.24, 2.45) is 0 Å². The van der Waals surface area contributed by atoms with Crippen LogP contribution >= 0.6 is 7.82 Å². The Bertz CT molecular complexity index is 576. The predicted molar refractivity (Wildman–Crippen MR) is 137 cm³/mol. The van der Waals surface area contributed by atoms with Gasteiger partial charge in [-0.05, 0) is 6.42 Å². The van der Waals surface area contributed by atoms with Crippen molar-refractivity contribution < 1.29 is 37.9 Å². The Morgan fingerprint density at radius 3 is 1.77 bits per heavy atom.